The second-order valence-electron chi connectivity index (χ2n) is 6.73. The smallest absolute Gasteiger partial charge is 0.191 e. The molecule has 1 heterocycles. The molecule has 0 spiro atoms. The molecule has 1 saturated heterocycles. The van der Waals surface area contributed by atoms with Crippen LogP contribution in [0.4, 0.5) is 0 Å². The van der Waals surface area contributed by atoms with Gasteiger partial charge in [-0.15, -0.1) is 0 Å². The fraction of sp³-hybridized carbons (Fsp3) is 0.650. The van der Waals surface area contributed by atoms with Crippen LogP contribution in [0.5, 0.6) is 5.75 Å². The fourth-order valence-electron chi connectivity index (χ4n) is 3.16. The Morgan fingerprint density at radius 3 is 2.92 bits per heavy atom. The van der Waals surface area contributed by atoms with Crippen LogP contribution in [-0.4, -0.2) is 57.1 Å². The first kappa shape index (κ1) is 20.5. The van der Waals surface area contributed by atoms with Crippen molar-refractivity contribution < 1.29 is 14.6 Å². The summed E-state index contributed by atoms with van der Waals surface area (Å²) in [6.07, 6.45) is 2.59. The molecule has 1 fully saturated rings. The monoisotopic (exact) mass is 363 g/mol. The Labute approximate surface area is 157 Å². The van der Waals surface area contributed by atoms with Gasteiger partial charge in [-0.05, 0) is 50.8 Å². The van der Waals surface area contributed by atoms with E-state index in [-0.39, 0.29) is 12.0 Å². The van der Waals surface area contributed by atoms with Crippen LogP contribution in [0, 0.1) is 5.41 Å². The number of aliphatic imine (C=N–C) groups is 1. The lowest BCUT2D eigenvalue weighted by molar-refractivity contribution is 0.131. The summed E-state index contributed by atoms with van der Waals surface area (Å²) in [5.41, 5.74) is 1.21. The first-order chi connectivity index (χ1) is 12.7. The molecule has 6 nitrogen and oxygen atoms in total. The summed E-state index contributed by atoms with van der Waals surface area (Å²) in [6, 6.07) is 8.20. The molecule has 0 aliphatic carbocycles. The summed E-state index contributed by atoms with van der Waals surface area (Å²) < 4.78 is 11.1. The Morgan fingerprint density at radius 2 is 2.23 bits per heavy atom. The van der Waals surface area contributed by atoms with Crippen molar-refractivity contribution in [3.63, 3.8) is 0 Å². The Bertz CT molecular complexity index is 557. The largest absolute Gasteiger partial charge is 0.494 e. The van der Waals surface area contributed by atoms with Crippen molar-refractivity contribution in [2.45, 2.75) is 33.1 Å². The molecular weight excluding hydrogens is 330 g/mol. The number of benzene rings is 1. The summed E-state index contributed by atoms with van der Waals surface area (Å²) in [7, 11) is 0. The van der Waals surface area contributed by atoms with E-state index >= 15 is 0 Å². The number of nitrogens with zero attached hydrogens (tertiary/aromatic N) is 1. The first-order valence-electron chi connectivity index (χ1n) is 9.64. The van der Waals surface area contributed by atoms with Crippen LogP contribution in [0.15, 0.2) is 29.3 Å². The van der Waals surface area contributed by atoms with Crippen molar-refractivity contribution in [1.29, 1.82) is 0 Å². The molecule has 1 aliphatic heterocycles. The zero-order chi connectivity index (χ0) is 18.7. The topological polar surface area (TPSA) is 75.1 Å². The highest BCUT2D eigenvalue weighted by Gasteiger charge is 2.34. The van der Waals surface area contributed by atoms with Gasteiger partial charge in [-0.25, -0.2) is 0 Å². The molecule has 146 valence electrons. The molecule has 3 N–H and O–H groups in total. The minimum absolute atomic E-state index is 0.0249. The second kappa shape index (κ2) is 11.0. The minimum Gasteiger partial charge on any atom is -0.494 e. The van der Waals surface area contributed by atoms with Crippen LogP contribution in [0.2, 0.25) is 0 Å². The van der Waals surface area contributed by atoms with Crippen LogP contribution < -0.4 is 15.4 Å². The van der Waals surface area contributed by atoms with Gasteiger partial charge >= 0.3 is 0 Å². The zero-order valence-electron chi connectivity index (χ0n) is 16.1. The van der Waals surface area contributed by atoms with Gasteiger partial charge in [0.2, 0.25) is 0 Å². The third-order valence-corrected chi connectivity index (χ3v) is 4.66. The van der Waals surface area contributed by atoms with Gasteiger partial charge in [-0.3, -0.25) is 4.99 Å². The number of aliphatic hydroxyl groups is 1. The van der Waals surface area contributed by atoms with Crippen molar-refractivity contribution >= 4 is 5.96 Å². The Morgan fingerprint density at radius 1 is 1.35 bits per heavy atom. The van der Waals surface area contributed by atoms with Crippen LogP contribution >= 0.6 is 0 Å². The molecule has 1 aromatic carbocycles. The molecule has 0 amide bonds. The van der Waals surface area contributed by atoms with Crippen molar-refractivity contribution in [2.24, 2.45) is 10.4 Å². The highest BCUT2D eigenvalue weighted by atomic mass is 16.5. The van der Waals surface area contributed by atoms with Gasteiger partial charge < -0.3 is 25.2 Å². The molecule has 1 aliphatic rings. The highest BCUT2D eigenvalue weighted by Crippen LogP contribution is 2.32. The van der Waals surface area contributed by atoms with Crippen LogP contribution in [0.3, 0.4) is 0 Å². The lowest BCUT2D eigenvalue weighted by Gasteiger charge is -2.24. The SMILES string of the molecule is CCNC(=NCC1(CCO)CCOC1)NCCc1cccc(OCC)c1. The number of guanidine groups is 1. The maximum atomic E-state index is 9.34. The quantitative estimate of drug-likeness (QED) is 0.438. The average Bonchev–Trinajstić information content (AvgIpc) is 3.10. The van der Waals surface area contributed by atoms with E-state index in [2.05, 4.69) is 29.7 Å². The number of hydrogen-bond acceptors (Lipinski definition) is 4. The Hall–Kier alpha value is -1.79. The van der Waals surface area contributed by atoms with Gasteiger partial charge in [-0.1, -0.05) is 12.1 Å². The van der Waals surface area contributed by atoms with Crippen molar-refractivity contribution in [1.82, 2.24) is 10.6 Å². The van der Waals surface area contributed by atoms with E-state index in [0.29, 0.717) is 19.8 Å². The molecule has 0 bridgehead atoms. The normalized spacial score (nSPS) is 20.2. The van der Waals surface area contributed by atoms with Crippen LogP contribution in [-0.2, 0) is 11.2 Å². The number of hydrogen-bond donors (Lipinski definition) is 3. The van der Waals surface area contributed by atoms with Gasteiger partial charge in [0.05, 0.1) is 19.8 Å². The molecule has 26 heavy (non-hydrogen) atoms. The zero-order valence-corrected chi connectivity index (χ0v) is 16.1. The summed E-state index contributed by atoms with van der Waals surface area (Å²) in [5, 5.41) is 16.0. The first-order valence-corrected chi connectivity index (χ1v) is 9.64. The van der Waals surface area contributed by atoms with E-state index in [1.807, 2.05) is 19.1 Å². The van der Waals surface area contributed by atoms with Crippen molar-refractivity contribution in [2.75, 3.05) is 46.1 Å². The summed E-state index contributed by atoms with van der Waals surface area (Å²) in [4.78, 5) is 4.74. The number of ether oxygens (including phenoxy) is 2. The maximum Gasteiger partial charge on any atom is 0.191 e. The summed E-state index contributed by atoms with van der Waals surface area (Å²) in [6.45, 7) is 8.63. The van der Waals surface area contributed by atoms with Gasteiger partial charge in [0.25, 0.3) is 0 Å². The molecule has 0 aromatic heterocycles. The van der Waals surface area contributed by atoms with E-state index in [1.54, 1.807) is 0 Å². The minimum atomic E-state index is -0.0249. The third kappa shape index (κ3) is 6.50. The number of aliphatic hydroxyl groups excluding tert-OH is 1. The molecule has 0 saturated carbocycles. The van der Waals surface area contributed by atoms with E-state index in [1.165, 1.54) is 5.56 Å². The molecule has 0 radical (unpaired) electrons. The van der Waals surface area contributed by atoms with E-state index in [9.17, 15) is 5.11 Å². The average molecular weight is 364 g/mol. The lowest BCUT2D eigenvalue weighted by atomic mass is 9.84. The van der Waals surface area contributed by atoms with Gasteiger partial charge in [-0.2, -0.15) is 0 Å². The van der Waals surface area contributed by atoms with Crippen LogP contribution in [0.25, 0.3) is 0 Å². The van der Waals surface area contributed by atoms with Crippen LogP contribution in [0.1, 0.15) is 32.3 Å². The predicted molar refractivity (Wildman–Crippen MR) is 105 cm³/mol. The molecule has 1 unspecified atom stereocenters. The molecule has 1 atom stereocenters. The lowest BCUT2D eigenvalue weighted by Crippen LogP contribution is -2.39. The third-order valence-electron chi connectivity index (χ3n) is 4.66. The Kier molecular flexibility index (Phi) is 8.71. The second-order valence-corrected chi connectivity index (χ2v) is 6.73. The van der Waals surface area contributed by atoms with Gasteiger partial charge in [0.1, 0.15) is 5.75 Å². The summed E-state index contributed by atoms with van der Waals surface area (Å²) >= 11 is 0. The van der Waals surface area contributed by atoms with E-state index in [4.69, 9.17) is 14.5 Å². The highest BCUT2D eigenvalue weighted by molar-refractivity contribution is 5.79. The standard InChI is InChI=1S/C20H33N3O3/c1-3-21-19(23-15-20(9-12-24)10-13-25-16-20)22-11-8-17-6-5-7-18(14-17)26-4-2/h5-7,14,24H,3-4,8-13,15-16H2,1-2H3,(H2,21,22,23). The van der Waals surface area contributed by atoms with E-state index in [0.717, 1.165) is 50.7 Å². The van der Waals surface area contributed by atoms with Gasteiger partial charge in [0, 0.05) is 31.7 Å². The Balaban J connectivity index is 1.88. The van der Waals surface area contributed by atoms with E-state index < -0.39 is 0 Å². The molecule has 1 aromatic rings. The molecule has 6 heteroatoms. The summed E-state index contributed by atoms with van der Waals surface area (Å²) in [5.74, 6) is 1.73. The number of rotatable bonds is 10. The van der Waals surface area contributed by atoms with Crippen molar-refractivity contribution in [3.8, 4) is 5.75 Å². The van der Waals surface area contributed by atoms with Crippen molar-refractivity contribution in [3.05, 3.63) is 29.8 Å². The van der Waals surface area contributed by atoms with Gasteiger partial charge in [0.15, 0.2) is 5.96 Å². The molecule has 2 rings (SSSR count). The number of nitrogens with one attached hydrogen (secondary N) is 2. The predicted octanol–water partition coefficient (Wildman–Crippen LogP) is 1.97. The molecular formula is C20H33N3O3. The maximum absolute atomic E-state index is 9.34. The fourth-order valence-corrected chi connectivity index (χ4v) is 3.16.